The minimum atomic E-state index is -0.421. The van der Waals surface area contributed by atoms with Gasteiger partial charge in [0.05, 0.1) is 35.1 Å². The highest BCUT2D eigenvalue weighted by Crippen LogP contribution is 2.58. The van der Waals surface area contributed by atoms with E-state index in [4.69, 9.17) is 16.3 Å². The van der Waals surface area contributed by atoms with Crippen LogP contribution in [0.3, 0.4) is 0 Å². The first-order chi connectivity index (χ1) is 8.63. The quantitative estimate of drug-likeness (QED) is 0.821. The molecule has 0 aromatic heterocycles. The Balaban J connectivity index is 2.06. The highest BCUT2D eigenvalue weighted by Gasteiger charge is 2.60. The summed E-state index contributed by atoms with van der Waals surface area (Å²) in [5.41, 5.74) is 0.283. The number of hydrogen-bond donors (Lipinski definition) is 0. The summed E-state index contributed by atoms with van der Waals surface area (Å²) in [5, 5.41) is 9.63. The first-order valence-corrected chi connectivity index (χ1v) is 6.46. The minimum Gasteiger partial charge on any atom is -0.379 e. The second-order valence-electron chi connectivity index (χ2n) is 5.25. The fourth-order valence-corrected chi connectivity index (χ4v) is 3.23. The van der Waals surface area contributed by atoms with Crippen LogP contribution in [-0.2, 0) is 10.2 Å². The molecule has 1 aromatic carbocycles. The summed E-state index contributed by atoms with van der Waals surface area (Å²) < 4.78 is 18.6. The van der Waals surface area contributed by atoms with E-state index in [-0.39, 0.29) is 15.9 Å². The largest absolute Gasteiger partial charge is 0.379 e. The number of halogens is 2. The molecule has 1 aromatic rings. The summed E-state index contributed by atoms with van der Waals surface area (Å²) in [6.07, 6.45) is 2.86. The molecule has 1 saturated heterocycles. The van der Waals surface area contributed by atoms with Gasteiger partial charge in [-0.3, -0.25) is 0 Å². The third-order valence-corrected chi connectivity index (χ3v) is 4.80. The van der Waals surface area contributed by atoms with Crippen molar-refractivity contribution >= 4 is 11.6 Å². The second kappa shape index (κ2) is 3.94. The van der Waals surface area contributed by atoms with Gasteiger partial charge in [0.1, 0.15) is 5.82 Å². The van der Waals surface area contributed by atoms with E-state index in [1.807, 2.05) is 0 Å². The van der Waals surface area contributed by atoms with E-state index in [1.165, 1.54) is 6.07 Å². The van der Waals surface area contributed by atoms with Crippen LogP contribution in [0.1, 0.15) is 24.8 Å². The molecule has 0 amide bonds. The molecule has 0 unspecified atom stereocenters. The lowest BCUT2D eigenvalue weighted by Crippen LogP contribution is -2.61. The van der Waals surface area contributed by atoms with E-state index in [0.29, 0.717) is 13.2 Å². The van der Waals surface area contributed by atoms with Gasteiger partial charge in [0.25, 0.3) is 0 Å². The number of ether oxygens (including phenoxy) is 1. The van der Waals surface area contributed by atoms with Crippen LogP contribution in [0.4, 0.5) is 4.39 Å². The van der Waals surface area contributed by atoms with Crippen molar-refractivity contribution in [2.24, 2.45) is 5.41 Å². The Morgan fingerprint density at radius 2 is 2.06 bits per heavy atom. The van der Waals surface area contributed by atoms with E-state index in [9.17, 15) is 9.65 Å². The van der Waals surface area contributed by atoms with E-state index < -0.39 is 5.82 Å². The van der Waals surface area contributed by atoms with E-state index in [0.717, 1.165) is 24.8 Å². The Kier molecular flexibility index (Phi) is 2.62. The van der Waals surface area contributed by atoms with Crippen molar-refractivity contribution in [2.45, 2.75) is 24.7 Å². The lowest BCUT2D eigenvalue weighted by atomic mass is 9.50. The molecule has 2 nitrogen and oxygen atoms in total. The van der Waals surface area contributed by atoms with Crippen LogP contribution >= 0.6 is 11.6 Å². The Hall–Kier alpha value is -1.11. The second-order valence-corrected chi connectivity index (χ2v) is 5.66. The number of benzene rings is 1. The molecule has 0 atom stereocenters. The van der Waals surface area contributed by atoms with E-state index in [1.54, 1.807) is 12.1 Å². The molecule has 1 heterocycles. The van der Waals surface area contributed by atoms with Crippen molar-refractivity contribution in [3.8, 4) is 6.07 Å². The third-order valence-electron chi connectivity index (χ3n) is 4.51. The van der Waals surface area contributed by atoms with Crippen molar-refractivity contribution in [1.82, 2.24) is 0 Å². The van der Waals surface area contributed by atoms with Gasteiger partial charge in [-0.05, 0) is 30.5 Å². The first kappa shape index (κ1) is 12.0. The number of hydrogen-bond acceptors (Lipinski definition) is 2. The predicted octanol–water partition coefficient (Wildman–Crippen LogP) is 3.44. The molecule has 0 bridgehead atoms. The van der Waals surface area contributed by atoms with Gasteiger partial charge in [0.2, 0.25) is 0 Å². The molecular formula is C14H13ClFNO. The molecule has 18 heavy (non-hydrogen) atoms. The van der Waals surface area contributed by atoms with Gasteiger partial charge in [-0.1, -0.05) is 24.1 Å². The Morgan fingerprint density at radius 1 is 1.33 bits per heavy atom. The molecule has 1 saturated carbocycles. The molecule has 4 heteroatoms. The minimum absolute atomic E-state index is 0.117. The van der Waals surface area contributed by atoms with Gasteiger partial charge >= 0.3 is 0 Å². The molecule has 1 aliphatic carbocycles. The van der Waals surface area contributed by atoms with E-state index >= 15 is 0 Å². The van der Waals surface area contributed by atoms with Crippen molar-refractivity contribution in [3.05, 3.63) is 34.6 Å². The van der Waals surface area contributed by atoms with Gasteiger partial charge in [-0.25, -0.2) is 4.39 Å². The summed E-state index contributed by atoms with van der Waals surface area (Å²) in [5.74, 6) is -0.421. The zero-order valence-electron chi connectivity index (χ0n) is 9.88. The average Bonchev–Trinajstić information content (AvgIpc) is 2.25. The molecule has 94 valence electrons. The Labute approximate surface area is 110 Å². The summed E-state index contributed by atoms with van der Waals surface area (Å²) in [6, 6.07) is 7.24. The SMILES string of the molecule is N#CC1(C2(c3ccc(F)c(Cl)c3)COC2)CCC1. The normalized spacial score (nSPS) is 23.6. The van der Waals surface area contributed by atoms with Gasteiger partial charge in [-0.2, -0.15) is 5.26 Å². The lowest BCUT2D eigenvalue weighted by molar-refractivity contribution is -0.134. The Bertz CT molecular complexity index is 529. The topological polar surface area (TPSA) is 33.0 Å². The van der Waals surface area contributed by atoms with Crippen LogP contribution in [0.5, 0.6) is 0 Å². The summed E-state index contributed by atoms with van der Waals surface area (Å²) in [7, 11) is 0. The van der Waals surface area contributed by atoms with E-state index in [2.05, 4.69) is 6.07 Å². The molecule has 1 aliphatic heterocycles. The molecule has 2 fully saturated rings. The fraction of sp³-hybridized carbons (Fsp3) is 0.500. The van der Waals surface area contributed by atoms with Gasteiger partial charge < -0.3 is 4.74 Å². The van der Waals surface area contributed by atoms with Crippen LogP contribution in [0.15, 0.2) is 18.2 Å². The van der Waals surface area contributed by atoms with Crippen molar-refractivity contribution in [3.63, 3.8) is 0 Å². The van der Waals surface area contributed by atoms with Crippen molar-refractivity contribution in [1.29, 1.82) is 5.26 Å². The molecule has 3 rings (SSSR count). The monoisotopic (exact) mass is 265 g/mol. The fourth-order valence-electron chi connectivity index (χ4n) is 3.05. The number of rotatable bonds is 2. The summed E-state index contributed by atoms with van der Waals surface area (Å²) >= 11 is 5.86. The Morgan fingerprint density at radius 3 is 2.44 bits per heavy atom. The van der Waals surface area contributed by atoms with Crippen molar-refractivity contribution in [2.75, 3.05) is 13.2 Å². The smallest absolute Gasteiger partial charge is 0.141 e. The number of nitriles is 1. The van der Waals surface area contributed by atoms with Gasteiger partial charge in [-0.15, -0.1) is 0 Å². The lowest BCUT2D eigenvalue weighted by Gasteiger charge is -2.56. The summed E-state index contributed by atoms with van der Waals surface area (Å²) in [4.78, 5) is 0. The molecule has 0 radical (unpaired) electrons. The zero-order chi connectivity index (χ0) is 12.8. The molecule has 0 spiro atoms. The van der Waals surface area contributed by atoms with Crippen LogP contribution < -0.4 is 0 Å². The van der Waals surface area contributed by atoms with Crippen LogP contribution in [0, 0.1) is 22.6 Å². The average molecular weight is 266 g/mol. The highest BCUT2D eigenvalue weighted by atomic mass is 35.5. The van der Waals surface area contributed by atoms with Crippen LogP contribution in [0.2, 0.25) is 5.02 Å². The maximum absolute atomic E-state index is 13.3. The number of nitrogens with zero attached hydrogens (tertiary/aromatic N) is 1. The van der Waals surface area contributed by atoms with Crippen LogP contribution in [-0.4, -0.2) is 13.2 Å². The summed E-state index contributed by atoms with van der Waals surface area (Å²) in [6.45, 7) is 1.06. The third kappa shape index (κ3) is 1.36. The molecular weight excluding hydrogens is 253 g/mol. The molecule has 0 N–H and O–H groups in total. The molecule has 2 aliphatic rings. The van der Waals surface area contributed by atoms with Gasteiger partial charge in [0, 0.05) is 0 Å². The predicted molar refractivity (Wildman–Crippen MR) is 65.8 cm³/mol. The highest BCUT2D eigenvalue weighted by molar-refractivity contribution is 6.30. The van der Waals surface area contributed by atoms with Gasteiger partial charge in [0.15, 0.2) is 0 Å². The maximum atomic E-state index is 13.3. The maximum Gasteiger partial charge on any atom is 0.141 e. The first-order valence-electron chi connectivity index (χ1n) is 6.08. The van der Waals surface area contributed by atoms with Crippen molar-refractivity contribution < 1.29 is 9.13 Å². The van der Waals surface area contributed by atoms with Crippen LogP contribution in [0.25, 0.3) is 0 Å². The standard InChI is InChI=1S/C14H13ClFNO/c15-11-6-10(2-3-12(11)16)14(8-18-9-14)13(7-17)4-1-5-13/h2-3,6H,1,4-5,8-9H2. The zero-order valence-corrected chi connectivity index (χ0v) is 10.6.